The van der Waals surface area contributed by atoms with Gasteiger partial charge in [0.25, 0.3) is 6.47 Å². The third kappa shape index (κ3) is 4.13. The lowest BCUT2D eigenvalue weighted by atomic mass is 9.98. The molecule has 2 heterocycles. The van der Waals surface area contributed by atoms with Crippen LogP contribution in [0.5, 0.6) is 17.2 Å². The molecule has 0 spiro atoms. The van der Waals surface area contributed by atoms with Crippen LogP contribution >= 0.6 is 11.3 Å². The van der Waals surface area contributed by atoms with Crippen molar-refractivity contribution in [1.29, 1.82) is 5.26 Å². The van der Waals surface area contributed by atoms with Crippen LogP contribution in [0.15, 0.2) is 35.0 Å². The second-order valence-corrected chi connectivity index (χ2v) is 6.05. The van der Waals surface area contributed by atoms with E-state index >= 15 is 0 Å². The molecular formula is C19H17N3O5S. The number of nitriles is 1. The zero-order chi connectivity index (χ0) is 20.7. The molecule has 0 unspecified atom stereocenters. The summed E-state index contributed by atoms with van der Waals surface area (Å²) < 4.78 is 10.4. The summed E-state index contributed by atoms with van der Waals surface area (Å²) in [5.74, 6) is 0.524. The molecule has 0 aliphatic heterocycles. The van der Waals surface area contributed by atoms with Crippen molar-refractivity contribution in [3.63, 3.8) is 0 Å². The fourth-order valence-electron chi connectivity index (χ4n) is 2.52. The number of aromatic nitrogens is 1. The Morgan fingerprint density at radius 2 is 1.82 bits per heavy atom. The van der Waals surface area contributed by atoms with Gasteiger partial charge in [0.1, 0.15) is 17.5 Å². The van der Waals surface area contributed by atoms with Gasteiger partial charge in [-0.1, -0.05) is 0 Å². The fourth-order valence-corrected chi connectivity index (χ4v) is 3.17. The number of phenolic OH excluding ortho intramolecular Hbond substituents is 1. The van der Waals surface area contributed by atoms with Gasteiger partial charge in [0.15, 0.2) is 11.5 Å². The number of nitrogens with zero attached hydrogens (tertiary/aromatic N) is 2. The molecule has 1 aromatic carbocycles. The maximum Gasteiger partial charge on any atom is 0.290 e. The van der Waals surface area contributed by atoms with Gasteiger partial charge in [-0.3, -0.25) is 4.79 Å². The Hall–Kier alpha value is -3.77. The predicted octanol–water partition coefficient (Wildman–Crippen LogP) is 3.35. The second kappa shape index (κ2) is 9.25. The molecule has 0 fully saturated rings. The van der Waals surface area contributed by atoms with Crippen LogP contribution in [0.3, 0.4) is 0 Å². The highest BCUT2D eigenvalue weighted by Crippen LogP contribution is 2.42. The van der Waals surface area contributed by atoms with E-state index in [4.69, 9.17) is 25.1 Å². The van der Waals surface area contributed by atoms with Gasteiger partial charge in [-0.2, -0.15) is 16.6 Å². The quantitative estimate of drug-likeness (QED) is 0.568. The molecule has 9 heteroatoms. The number of carbonyl (C=O) groups is 1. The summed E-state index contributed by atoms with van der Waals surface area (Å²) in [4.78, 5) is 12.7. The number of benzene rings is 1. The number of hydrogen-bond acceptors (Lipinski definition) is 8. The number of hydrogen-bond donors (Lipinski definition) is 3. The SMILES string of the molecule is COc1cc(-c2cc(-c3ccsc3)nc(N)c2C#N)cc(OC)c1O.O=CO. The highest BCUT2D eigenvalue weighted by molar-refractivity contribution is 7.08. The molecule has 0 saturated heterocycles. The summed E-state index contributed by atoms with van der Waals surface area (Å²) in [6, 6.07) is 9.08. The summed E-state index contributed by atoms with van der Waals surface area (Å²) in [6.07, 6.45) is 0. The molecule has 0 amide bonds. The highest BCUT2D eigenvalue weighted by Gasteiger charge is 2.18. The average molecular weight is 399 g/mol. The summed E-state index contributed by atoms with van der Waals surface area (Å²) >= 11 is 1.55. The summed E-state index contributed by atoms with van der Waals surface area (Å²) in [6.45, 7) is -0.250. The van der Waals surface area contributed by atoms with E-state index in [0.29, 0.717) is 16.8 Å². The Kier molecular flexibility index (Phi) is 6.79. The van der Waals surface area contributed by atoms with Crippen molar-refractivity contribution in [1.82, 2.24) is 4.98 Å². The smallest absolute Gasteiger partial charge is 0.290 e. The average Bonchev–Trinajstić information content (AvgIpc) is 3.23. The van der Waals surface area contributed by atoms with E-state index in [9.17, 15) is 10.4 Å². The van der Waals surface area contributed by atoms with Gasteiger partial charge in [0, 0.05) is 16.5 Å². The molecule has 2 aromatic heterocycles. The number of phenols is 1. The van der Waals surface area contributed by atoms with Gasteiger partial charge in [-0.25, -0.2) is 4.98 Å². The van der Waals surface area contributed by atoms with E-state index in [1.54, 1.807) is 29.5 Å². The number of nitrogens with two attached hydrogens (primary N) is 1. The molecule has 28 heavy (non-hydrogen) atoms. The maximum absolute atomic E-state index is 10.1. The number of ether oxygens (including phenoxy) is 2. The second-order valence-electron chi connectivity index (χ2n) is 5.27. The van der Waals surface area contributed by atoms with Crippen molar-refractivity contribution in [3.8, 4) is 45.7 Å². The monoisotopic (exact) mass is 399 g/mol. The Bertz CT molecular complexity index is 988. The van der Waals surface area contributed by atoms with Crippen molar-refractivity contribution in [2.75, 3.05) is 20.0 Å². The number of methoxy groups -OCH3 is 2. The van der Waals surface area contributed by atoms with Gasteiger partial charge in [0.05, 0.1) is 19.9 Å². The molecule has 0 saturated carbocycles. The lowest BCUT2D eigenvalue weighted by molar-refractivity contribution is -0.122. The zero-order valence-corrected chi connectivity index (χ0v) is 15.9. The minimum absolute atomic E-state index is 0.104. The van der Waals surface area contributed by atoms with E-state index in [0.717, 1.165) is 5.56 Å². The summed E-state index contributed by atoms with van der Waals surface area (Å²) in [5, 5.41) is 30.4. The van der Waals surface area contributed by atoms with Crippen molar-refractivity contribution in [2.24, 2.45) is 0 Å². The number of thiophene rings is 1. The van der Waals surface area contributed by atoms with Crippen LogP contribution in [0.2, 0.25) is 0 Å². The van der Waals surface area contributed by atoms with Gasteiger partial charge < -0.3 is 25.4 Å². The Morgan fingerprint density at radius 1 is 1.21 bits per heavy atom. The van der Waals surface area contributed by atoms with E-state index < -0.39 is 0 Å². The molecule has 8 nitrogen and oxygen atoms in total. The zero-order valence-electron chi connectivity index (χ0n) is 15.0. The molecule has 3 rings (SSSR count). The molecule has 4 N–H and O–H groups in total. The number of nitrogen functional groups attached to an aromatic ring is 1. The molecular weight excluding hydrogens is 382 g/mol. The maximum atomic E-state index is 10.1. The Labute approximate surface area is 165 Å². The van der Waals surface area contributed by atoms with Crippen molar-refractivity contribution in [2.45, 2.75) is 0 Å². The van der Waals surface area contributed by atoms with Crippen molar-refractivity contribution < 1.29 is 24.5 Å². The molecule has 0 aliphatic rings. The molecule has 0 radical (unpaired) electrons. The molecule has 0 atom stereocenters. The first-order valence-electron chi connectivity index (χ1n) is 7.77. The van der Waals surface area contributed by atoms with Gasteiger partial charge in [-0.05, 0) is 35.2 Å². The Balaban J connectivity index is 0.000000878. The fraction of sp³-hybridized carbons (Fsp3) is 0.105. The summed E-state index contributed by atoms with van der Waals surface area (Å²) in [7, 11) is 2.89. The third-order valence-electron chi connectivity index (χ3n) is 3.77. The lowest BCUT2D eigenvalue weighted by Crippen LogP contribution is -2.00. The lowest BCUT2D eigenvalue weighted by Gasteiger charge is -2.14. The predicted molar refractivity (Wildman–Crippen MR) is 106 cm³/mol. The first kappa shape index (κ1) is 20.5. The van der Waals surface area contributed by atoms with Crippen LogP contribution in [-0.2, 0) is 4.79 Å². The van der Waals surface area contributed by atoms with Gasteiger partial charge in [0.2, 0.25) is 5.75 Å². The topological polar surface area (TPSA) is 139 Å². The largest absolute Gasteiger partial charge is 0.502 e. The van der Waals surface area contributed by atoms with E-state index in [1.807, 2.05) is 16.8 Å². The van der Waals surface area contributed by atoms with Crippen LogP contribution in [0.25, 0.3) is 22.4 Å². The number of rotatable bonds is 4. The number of pyridine rings is 1. The highest BCUT2D eigenvalue weighted by atomic mass is 32.1. The van der Waals surface area contributed by atoms with Crippen LogP contribution < -0.4 is 15.2 Å². The Morgan fingerprint density at radius 3 is 2.29 bits per heavy atom. The van der Waals surface area contributed by atoms with E-state index in [1.165, 1.54) is 14.2 Å². The van der Waals surface area contributed by atoms with Crippen LogP contribution in [0.4, 0.5) is 5.82 Å². The van der Waals surface area contributed by atoms with Crippen LogP contribution in [0.1, 0.15) is 5.56 Å². The van der Waals surface area contributed by atoms with Gasteiger partial charge in [-0.15, -0.1) is 0 Å². The van der Waals surface area contributed by atoms with E-state index in [-0.39, 0.29) is 35.1 Å². The number of aromatic hydroxyl groups is 1. The standard InChI is InChI=1S/C18H15N3O3S.CH2O2/c1-23-15-5-11(6-16(24-2)17(15)22)12-7-14(10-3-4-25-9-10)21-18(20)13(12)8-19;2-1-3/h3-7,9,22H,1-2H3,(H2,20,21);1H,(H,2,3). The van der Waals surface area contributed by atoms with Crippen molar-refractivity contribution in [3.05, 3.63) is 40.6 Å². The minimum Gasteiger partial charge on any atom is -0.502 e. The van der Waals surface area contributed by atoms with Gasteiger partial charge >= 0.3 is 0 Å². The number of carboxylic acid groups (broad SMARTS) is 1. The first-order chi connectivity index (χ1) is 13.5. The summed E-state index contributed by atoms with van der Waals surface area (Å²) in [5.41, 5.74) is 9.07. The molecule has 144 valence electrons. The molecule has 0 bridgehead atoms. The minimum atomic E-state index is -0.250. The molecule has 0 aliphatic carbocycles. The van der Waals surface area contributed by atoms with Crippen LogP contribution in [-0.4, -0.2) is 35.9 Å². The first-order valence-corrected chi connectivity index (χ1v) is 8.71. The van der Waals surface area contributed by atoms with Crippen LogP contribution in [0, 0.1) is 11.3 Å². The van der Waals surface area contributed by atoms with E-state index in [2.05, 4.69) is 11.1 Å². The normalized spacial score (nSPS) is 9.61. The number of anilines is 1. The van der Waals surface area contributed by atoms with Crippen molar-refractivity contribution >= 4 is 23.6 Å². The molecule has 3 aromatic rings. The third-order valence-corrected chi connectivity index (χ3v) is 4.45.